The van der Waals surface area contributed by atoms with Crippen molar-refractivity contribution in [3.63, 3.8) is 0 Å². The summed E-state index contributed by atoms with van der Waals surface area (Å²) in [6.07, 6.45) is -0.200. The maximum atomic E-state index is 11.4. The number of urea groups is 1. The van der Waals surface area contributed by atoms with E-state index in [0.717, 1.165) is 0 Å². The zero-order chi connectivity index (χ0) is 15.0. The predicted molar refractivity (Wildman–Crippen MR) is 70.5 cm³/mol. The molecule has 1 rings (SSSR count). The fourth-order valence-corrected chi connectivity index (χ4v) is 1.46. The smallest absolute Gasteiger partial charge is 0.321 e. The van der Waals surface area contributed by atoms with Crippen LogP contribution in [0.5, 0.6) is 5.75 Å². The van der Waals surface area contributed by atoms with Crippen molar-refractivity contribution in [3.05, 3.63) is 29.8 Å². The van der Waals surface area contributed by atoms with Crippen LogP contribution in [0.3, 0.4) is 0 Å². The second kappa shape index (κ2) is 7.78. The predicted octanol–water partition coefficient (Wildman–Crippen LogP) is 0.538. The summed E-state index contributed by atoms with van der Waals surface area (Å²) in [5, 5.41) is 13.2. The molecule has 7 nitrogen and oxygen atoms in total. The molecule has 20 heavy (non-hydrogen) atoms. The van der Waals surface area contributed by atoms with Crippen LogP contribution in [0, 0.1) is 0 Å². The van der Waals surface area contributed by atoms with E-state index < -0.39 is 17.9 Å². The Balaban J connectivity index is 2.55. The van der Waals surface area contributed by atoms with Gasteiger partial charge in [0.15, 0.2) is 6.61 Å². The lowest BCUT2D eigenvalue weighted by Gasteiger charge is -2.10. The van der Waals surface area contributed by atoms with Gasteiger partial charge in [0.1, 0.15) is 5.75 Å². The van der Waals surface area contributed by atoms with Crippen molar-refractivity contribution in [2.75, 3.05) is 13.2 Å². The van der Waals surface area contributed by atoms with Gasteiger partial charge in [0.05, 0.1) is 6.42 Å². The first kappa shape index (κ1) is 15.5. The van der Waals surface area contributed by atoms with Crippen LogP contribution < -0.4 is 15.4 Å². The molecule has 3 amide bonds. The third kappa shape index (κ3) is 5.38. The average Bonchev–Trinajstić information content (AvgIpc) is 2.37. The number of amides is 3. The topological polar surface area (TPSA) is 105 Å². The average molecular weight is 280 g/mol. The van der Waals surface area contributed by atoms with E-state index in [1.165, 1.54) is 0 Å². The van der Waals surface area contributed by atoms with Crippen molar-refractivity contribution in [1.29, 1.82) is 0 Å². The number of imide groups is 1. The molecular formula is C13H16N2O5. The molecule has 0 bridgehead atoms. The lowest BCUT2D eigenvalue weighted by atomic mass is 10.1. The lowest BCUT2D eigenvalue weighted by Crippen LogP contribution is -2.41. The van der Waals surface area contributed by atoms with Gasteiger partial charge in [-0.1, -0.05) is 18.2 Å². The van der Waals surface area contributed by atoms with Crippen LogP contribution in [0.1, 0.15) is 12.5 Å². The van der Waals surface area contributed by atoms with Gasteiger partial charge in [-0.15, -0.1) is 0 Å². The Kier molecular flexibility index (Phi) is 6.02. The van der Waals surface area contributed by atoms with E-state index in [1.54, 1.807) is 31.2 Å². The van der Waals surface area contributed by atoms with Crippen LogP contribution in [0.15, 0.2) is 24.3 Å². The van der Waals surface area contributed by atoms with Gasteiger partial charge < -0.3 is 15.2 Å². The third-order valence-electron chi connectivity index (χ3n) is 2.26. The Morgan fingerprint density at radius 3 is 2.60 bits per heavy atom. The highest BCUT2D eigenvalue weighted by Crippen LogP contribution is 2.18. The number of aliphatic carboxylic acids is 1. The number of hydrogen-bond acceptors (Lipinski definition) is 4. The van der Waals surface area contributed by atoms with Gasteiger partial charge in [-0.3, -0.25) is 14.9 Å². The molecule has 0 unspecified atom stereocenters. The summed E-state index contributed by atoms with van der Waals surface area (Å²) in [6.45, 7) is 1.76. The number of rotatable bonds is 6. The molecule has 0 aromatic heterocycles. The van der Waals surface area contributed by atoms with Crippen LogP contribution in [0.2, 0.25) is 0 Å². The van der Waals surface area contributed by atoms with Crippen LogP contribution in [-0.2, 0) is 16.0 Å². The molecule has 0 heterocycles. The SMILES string of the molecule is CCNC(=O)NC(=O)COc1ccccc1CC(=O)O. The molecule has 0 radical (unpaired) electrons. The van der Waals surface area contributed by atoms with E-state index >= 15 is 0 Å². The molecule has 1 aromatic rings. The minimum absolute atomic E-state index is 0.200. The zero-order valence-electron chi connectivity index (χ0n) is 11.0. The van der Waals surface area contributed by atoms with E-state index in [4.69, 9.17) is 9.84 Å². The molecule has 1 aromatic carbocycles. The molecule has 0 fully saturated rings. The quantitative estimate of drug-likeness (QED) is 0.705. The van der Waals surface area contributed by atoms with Crippen molar-refractivity contribution in [1.82, 2.24) is 10.6 Å². The van der Waals surface area contributed by atoms with Gasteiger partial charge in [-0.25, -0.2) is 4.79 Å². The van der Waals surface area contributed by atoms with Crippen molar-refractivity contribution < 1.29 is 24.2 Å². The first-order chi connectivity index (χ1) is 9.52. The van der Waals surface area contributed by atoms with Crippen LogP contribution >= 0.6 is 0 Å². The highest BCUT2D eigenvalue weighted by Gasteiger charge is 2.11. The molecular weight excluding hydrogens is 264 g/mol. The minimum atomic E-state index is -0.993. The molecule has 0 spiro atoms. The summed E-state index contributed by atoms with van der Waals surface area (Å²) >= 11 is 0. The first-order valence-electron chi connectivity index (χ1n) is 6.03. The molecule has 7 heteroatoms. The molecule has 0 aliphatic carbocycles. The van der Waals surface area contributed by atoms with Crippen molar-refractivity contribution >= 4 is 17.9 Å². The second-order valence-electron chi connectivity index (χ2n) is 3.87. The summed E-state index contributed by atoms with van der Waals surface area (Å²) in [5.74, 6) is -1.30. The number of ether oxygens (including phenoxy) is 1. The van der Waals surface area contributed by atoms with Gasteiger partial charge in [-0.2, -0.15) is 0 Å². The number of para-hydroxylation sites is 1. The third-order valence-corrected chi connectivity index (χ3v) is 2.26. The molecule has 0 aliphatic heterocycles. The van der Waals surface area contributed by atoms with Gasteiger partial charge in [0.2, 0.25) is 0 Å². The van der Waals surface area contributed by atoms with Crippen molar-refractivity contribution in [3.8, 4) is 5.75 Å². The van der Waals surface area contributed by atoms with Gasteiger partial charge >= 0.3 is 12.0 Å². The van der Waals surface area contributed by atoms with Crippen LogP contribution in [0.25, 0.3) is 0 Å². The Morgan fingerprint density at radius 1 is 1.25 bits per heavy atom. The molecule has 0 atom stereocenters. The normalized spacial score (nSPS) is 9.65. The van der Waals surface area contributed by atoms with E-state index in [2.05, 4.69) is 10.6 Å². The number of hydrogen-bond donors (Lipinski definition) is 3. The van der Waals surface area contributed by atoms with E-state index in [9.17, 15) is 14.4 Å². The maximum absolute atomic E-state index is 11.4. The maximum Gasteiger partial charge on any atom is 0.321 e. The van der Waals surface area contributed by atoms with E-state index in [0.29, 0.717) is 17.9 Å². The molecule has 108 valence electrons. The number of carboxylic acid groups (broad SMARTS) is 1. The number of carbonyl (C=O) groups excluding carboxylic acids is 2. The van der Waals surface area contributed by atoms with E-state index in [1.807, 2.05) is 0 Å². The second-order valence-corrected chi connectivity index (χ2v) is 3.87. The highest BCUT2D eigenvalue weighted by molar-refractivity contribution is 5.94. The van der Waals surface area contributed by atoms with Crippen LogP contribution in [0.4, 0.5) is 4.79 Å². The number of carboxylic acids is 1. The van der Waals surface area contributed by atoms with Gasteiger partial charge in [0, 0.05) is 12.1 Å². The fraction of sp³-hybridized carbons (Fsp3) is 0.308. The number of carbonyl (C=O) groups is 3. The zero-order valence-corrected chi connectivity index (χ0v) is 11.0. The monoisotopic (exact) mass is 280 g/mol. The Hall–Kier alpha value is -2.57. The number of nitrogens with one attached hydrogen (secondary N) is 2. The standard InChI is InChI=1S/C13H16N2O5/c1-2-14-13(19)15-11(16)8-20-10-6-4-3-5-9(10)7-12(17)18/h3-6H,2,7-8H2,1H3,(H,17,18)(H2,14,15,16,19). The summed E-state index contributed by atoms with van der Waals surface area (Å²) < 4.78 is 5.22. The Bertz CT molecular complexity index is 501. The van der Waals surface area contributed by atoms with Crippen molar-refractivity contribution in [2.24, 2.45) is 0 Å². The first-order valence-corrected chi connectivity index (χ1v) is 6.03. The summed E-state index contributed by atoms with van der Waals surface area (Å²) in [6, 6.07) is 5.92. The van der Waals surface area contributed by atoms with Crippen LogP contribution in [-0.4, -0.2) is 36.2 Å². The molecule has 3 N–H and O–H groups in total. The molecule has 0 saturated heterocycles. The van der Waals surface area contributed by atoms with Gasteiger partial charge in [0.25, 0.3) is 5.91 Å². The Labute approximate surface area is 115 Å². The summed E-state index contributed by atoms with van der Waals surface area (Å²) in [7, 11) is 0. The highest BCUT2D eigenvalue weighted by atomic mass is 16.5. The van der Waals surface area contributed by atoms with E-state index in [-0.39, 0.29) is 13.0 Å². The van der Waals surface area contributed by atoms with Crippen molar-refractivity contribution in [2.45, 2.75) is 13.3 Å². The molecule has 0 saturated carbocycles. The number of benzene rings is 1. The molecule has 0 aliphatic rings. The largest absolute Gasteiger partial charge is 0.483 e. The minimum Gasteiger partial charge on any atom is -0.483 e. The lowest BCUT2D eigenvalue weighted by molar-refractivity contribution is -0.136. The summed E-state index contributed by atoms with van der Waals surface area (Å²) in [4.78, 5) is 33.2. The van der Waals surface area contributed by atoms with Gasteiger partial charge in [-0.05, 0) is 13.0 Å². The Morgan fingerprint density at radius 2 is 1.95 bits per heavy atom. The fourth-order valence-electron chi connectivity index (χ4n) is 1.46. The summed E-state index contributed by atoms with van der Waals surface area (Å²) in [5.41, 5.74) is 0.464.